The van der Waals surface area contributed by atoms with Crippen molar-refractivity contribution in [1.29, 1.82) is 0 Å². The molecule has 31 heavy (non-hydrogen) atoms. The van der Waals surface area contributed by atoms with Gasteiger partial charge in [0.05, 0.1) is 26.9 Å². The summed E-state index contributed by atoms with van der Waals surface area (Å²) < 4.78 is 27.5. The van der Waals surface area contributed by atoms with Crippen LogP contribution in [0.4, 0.5) is 0 Å². The Morgan fingerprint density at radius 3 is 2.23 bits per heavy atom. The van der Waals surface area contributed by atoms with Crippen LogP contribution in [0, 0.1) is 0 Å². The third-order valence-electron chi connectivity index (χ3n) is 4.93. The first-order valence-electron chi connectivity index (χ1n) is 9.67. The lowest BCUT2D eigenvalue weighted by Crippen LogP contribution is -1.99. The second kappa shape index (κ2) is 8.83. The van der Waals surface area contributed by atoms with Crippen molar-refractivity contribution in [3.8, 4) is 28.7 Å². The van der Waals surface area contributed by atoms with Crippen molar-refractivity contribution < 1.29 is 28.5 Å². The molecule has 6 nitrogen and oxygen atoms in total. The molecule has 0 amide bonds. The van der Waals surface area contributed by atoms with E-state index in [1.807, 2.05) is 24.3 Å². The number of carbonyl (C=O) groups excluding carboxylic acids is 1. The fourth-order valence-corrected chi connectivity index (χ4v) is 3.24. The number of rotatable bonds is 7. The Bertz CT molecular complexity index is 1130. The van der Waals surface area contributed by atoms with Gasteiger partial charge >= 0.3 is 0 Å². The Balaban J connectivity index is 1.52. The maximum Gasteiger partial charge on any atom is 0.231 e. The van der Waals surface area contributed by atoms with Crippen molar-refractivity contribution in [2.75, 3.05) is 21.3 Å². The van der Waals surface area contributed by atoms with E-state index >= 15 is 0 Å². The van der Waals surface area contributed by atoms with Crippen molar-refractivity contribution in [2.24, 2.45) is 0 Å². The summed E-state index contributed by atoms with van der Waals surface area (Å²) in [4.78, 5) is 12.8. The standard InChI is InChI=1S/C25H22O6/c1-27-18-6-4-16(5-7-18)15-30-20-8-10-21-23(14-20)31-24(25(21)26)13-17-12-19(28-2)9-11-22(17)29-3/h4-14H,15H2,1-3H3. The predicted octanol–water partition coefficient (Wildman–Crippen LogP) is 4.91. The minimum atomic E-state index is -0.193. The van der Waals surface area contributed by atoms with E-state index in [2.05, 4.69) is 0 Å². The normalized spacial score (nSPS) is 13.5. The summed E-state index contributed by atoms with van der Waals surface area (Å²) in [5, 5.41) is 0. The molecule has 0 spiro atoms. The molecular weight excluding hydrogens is 396 g/mol. The van der Waals surface area contributed by atoms with Crippen LogP contribution in [-0.4, -0.2) is 27.1 Å². The van der Waals surface area contributed by atoms with Gasteiger partial charge in [-0.05, 0) is 54.1 Å². The number of Topliss-reactive ketones (excluding diaryl/α,β-unsaturated/α-hetero) is 1. The van der Waals surface area contributed by atoms with E-state index in [9.17, 15) is 4.79 Å². The monoisotopic (exact) mass is 418 g/mol. The summed E-state index contributed by atoms with van der Waals surface area (Å²) in [6, 6.07) is 18.2. The number of carbonyl (C=O) groups is 1. The minimum absolute atomic E-state index is 0.193. The first kappa shape index (κ1) is 20.3. The summed E-state index contributed by atoms with van der Waals surface area (Å²) in [5.74, 6) is 3.16. The van der Waals surface area contributed by atoms with Crippen molar-refractivity contribution in [3.05, 3.63) is 83.1 Å². The summed E-state index contributed by atoms with van der Waals surface area (Å²) in [7, 11) is 4.78. The smallest absolute Gasteiger partial charge is 0.231 e. The molecule has 0 saturated heterocycles. The van der Waals surface area contributed by atoms with E-state index in [1.54, 1.807) is 63.8 Å². The van der Waals surface area contributed by atoms with E-state index < -0.39 is 0 Å². The van der Waals surface area contributed by atoms with Crippen LogP contribution in [0.15, 0.2) is 66.4 Å². The molecule has 0 radical (unpaired) electrons. The Labute approximate surface area is 180 Å². The lowest BCUT2D eigenvalue weighted by molar-refractivity contribution is 0.101. The second-order valence-corrected chi connectivity index (χ2v) is 6.84. The van der Waals surface area contributed by atoms with Gasteiger partial charge < -0.3 is 23.7 Å². The second-order valence-electron chi connectivity index (χ2n) is 6.84. The van der Waals surface area contributed by atoms with Crippen LogP contribution in [0.3, 0.4) is 0 Å². The lowest BCUT2D eigenvalue weighted by atomic mass is 10.1. The average molecular weight is 418 g/mol. The van der Waals surface area contributed by atoms with Gasteiger partial charge in [0.1, 0.15) is 35.4 Å². The molecule has 1 aliphatic rings. The minimum Gasteiger partial charge on any atom is -0.497 e. The third kappa shape index (κ3) is 4.33. The van der Waals surface area contributed by atoms with Gasteiger partial charge in [0.2, 0.25) is 5.78 Å². The number of hydrogen-bond acceptors (Lipinski definition) is 6. The van der Waals surface area contributed by atoms with Crippen LogP contribution in [0.5, 0.6) is 28.7 Å². The SMILES string of the molecule is COc1ccc(COc2ccc3c(c2)OC(=Cc2cc(OC)ccc2OC)C3=O)cc1. The molecule has 158 valence electrons. The number of ether oxygens (including phenoxy) is 5. The molecule has 0 bridgehead atoms. The van der Waals surface area contributed by atoms with Crippen molar-refractivity contribution >= 4 is 11.9 Å². The molecule has 0 atom stereocenters. The van der Waals surface area contributed by atoms with E-state index in [1.165, 1.54) is 0 Å². The molecule has 1 heterocycles. The zero-order chi connectivity index (χ0) is 21.8. The van der Waals surface area contributed by atoms with Crippen LogP contribution in [-0.2, 0) is 6.61 Å². The number of methoxy groups -OCH3 is 3. The lowest BCUT2D eigenvalue weighted by Gasteiger charge is -2.08. The van der Waals surface area contributed by atoms with Gasteiger partial charge in [-0.1, -0.05) is 12.1 Å². The van der Waals surface area contributed by atoms with Gasteiger partial charge in [-0.2, -0.15) is 0 Å². The van der Waals surface area contributed by atoms with Crippen LogP contribution in [0.1, 0.15) is 21.5 Å². The highest BCUT2D eigenvalue weighted by atomic mass is 16.5. The van der Waals surface area contributed by atoms with Gasteiger partial charge in [0, 0.05) is 11.6 Å². The molecule has 0 unspecified atom stereocenters. The Morgan fingerprint density at radius 2 is 1.52 bits per heavy atom. The van der Waals surface area contributed by atoms with Gasteiger partial charge in [0.15, 0.2) is 5.76 Å². The molecular formula is C25H22O6. The fourth-order valence-electron chi connectivity index (χ4n) is 3.24. The molecule has 0 saturated carbocycles. The summed E-state index contributed by atoms with van der Waals surface area (Å²) in [5.41, 5.74) is 2.18. The Hall–Kier alpha value is -3.93. The zero-order valence-corrected chi connectivity index (χ0v) is 17.5. The first-order valence-corrected chi connectivity index (χ1v) is 9.67. The fraction of sp³-hybridized carbons (Fsp3) is 0.160. The van der Waals surface area contributed by atoms with Gasteiger partial charge in [0.25, 0.3) is 0 Å². The van der Waals surface area contributed by atoms with Crippen molar-refractivity contribution in [1.82, 2.24) is 0 Å². The molecule has 0 aliphatic carbocycles. The number of ketones is 1. The Kier molecular flexibility index (Phi) is 5.80. The van der Waals surface area contributed by atoms with E-state index in [0.717, 1.165) is 11.3 Å². The molecule has 0 fully saturated rings. The topological polar surface area (TPSA) is 63.2 Å². The van der Waals surface area contributed by atoms with Crippen LogP contribution >= 0.6 is 0 Å². The molecule has 1 aliphatic heterocycles. The van der Waals surface area contributed by atoms with E-state index in [4.69, 9.17) is 23.7 Å². The van der Waals surface area contributed by atoms with Crippen molar-refractivity contribution in [2.45, 2.75) is 6.61 Å². The Morgan fingerprint density at radius 1 is 0.806 bits per heavy atom. The van der Waals surface area contributed by atoms with Crippen LogP contribution < -0.4 is 23.7 Å². The largest absolute Gasteiger partial charge is 0.497 e. The van der Waals surface area contributed by atoms with E-state index in [0.29, 0.717) is 40.7 Å². The van der Waals surface area contributed by atoms with Gasteiger partial charge in [-0.25, -0.2) is 0 Å². The van der Waals surface area contributed by atoms with E-state index in [-0.39, 0.29) is 11.5 Å². The van der Waals surface area contributed by atoms with Gasteiger partial charge in [-0.3, -0.25) is 4.79 Å². The average Bonchev–Trinajstić information content (AvgIpc) is 3.12. The quantitative estimate of drug-likeness (QED) is 0.508. The maximum absolute atomic E-state index is 12.8. The molecule has 3 aromatic rings. The third-order valence-corrected chi connectivity index (χ3v) is 4.93. The summed E-state index contributed by atoms with van der Waals surface area (Å²) in [6.07, 6.45) is 1.65. The number of benzene rings is 3. The molecule has 0 N–H and O–H groups in total. The molecule has 6 heteroatoms. The maximum atomic E-state index is 12.8. The highest BCUT2D eigenvalue weighted by Gasteiger charge is 2.28. The first-order chi connectivity index (χ1) is 15.1. The summed E-state index contributed by atoms with van der Waals surface area (Å²) in [6.45, 7) is 0.389. The highest BCUT2D eigenvalue weighted by molar-refractivity contribution is 6.14. The molecule has 3 aromatic carbocycles. The predicted molar refractivity (Wildman–Crippen MR) is 116 cm³/mol. The highest BCUT2D eigenvalue weighted by Crippen LogP contribution is 2.36. The van der Waals surface area contributed by atoms with Crippen LogP contribution in [0.25, 0.3) is 6.08 Å². The number of allylic oxidation sites excluding steroid dienone is 1. The van der Waals surface area contributed by atoms with Crippen LogP contribution in [0.2, 0.25) is 0 Å². The number of hydrogen-bond donors (Lipinski definition) is 0. The molecule has 0 aromatic heterocycles. The summed E-state index contributed by atoms with van der Waals surface area (Å²) >= 11 is 0. The molecule has 4 rings (SSSR count). The van der Waals surface area contributed by atoms with Crippen molar-refractivity contribution in [3.63, 3.8) is 0 Å². The van der Waals surface area contributed by atoms with Gasteiger partial charge in [-0.15, -0.1) is 0 Å². The number of fused-ring (bicyclic) bond motifs is 1. The zero-order valence-electron chi connectivity index (χ0n) is 17.5.